The van der Waals surface area contributed by atoms with Crippen LogP contribution in [0.3, 0.4) is 0 Å². The SMILES string of the molecule is Cc1cc(C)cc(C(=O)N2CCC[C@@H](C(=O)NCc3ccc(Cl)cc3)C2)c1. The Hall–Kier alpha value is -2.33. The third-order valence-electron chi connectivity index (χ3n) is 4.93. The maximum Gasteiger partial charge on any atom is 0.253 e. The van der Waals surface area contributed by atoms with Crippen LogP contribution in [-0.2, 0) is 11.3 Å². The van der Waals surface area contributed by atoms with E-state index in [9.17, 15) is 9.59 Å². The Balaban J connectivity index is 1.60. The number of likely N-dealkylation sites (tertiary alicyclic amines) is 1. The van der Waals surface area contributed by atoms with Crippen LogP contribution < -0.4 is 5.32 Å². The number of carbonyl (C=O) groups excluding carboxylic acids is 2. The predicted molar refractivity (Wildman–Crippen MR) is 108 cm³/mol. The number of nitrogens with one attached hydrogen (secondary N) is 1. The topological polar surface area (TPSA) is 49.4 Å². The fourth-order valence-corrected chi connectivity index (χ4v) is 3.72. The zero-order valence-corrected chi connectivity index (χ0v) is 16.6. The van der Waals surface area contributed by atoms with E-state index in [-0.39, 0.29) is 17.7 Å². The highest BCUT2D eigenvalue weighted by Crippen LogP contribution is 2.20. The number of nitrogens with zero attached hydrogens (tertiary/aromatic N) is 1. The van der Waals surface area contributed by atoms with Gasteiger partial charge in [0.1, 0.15) is 0 Å². The number of piperidine rings is 1. The maximum absolute atomic E-state index is 12.9. The first-order valence-corrected chi connectivity index (χ1v) is 9.70. The average molecular weight is 385 g/mol. The summed E-state index contributed by atoms with van der Waals surface area (Å²) in [5.74, 6) is -0.152. The first-order chi connectivity index (χ1) is 12.9. The lowest BCUT2D eigenvalue weighted by molar-refractivity contribution is -0.126. The lowest BCUT2D eigenvalue weighted by Crippen LogP contribution is -2.45. The number of rotatable bonds is 4. The molecule has 27 heavy (non-hydrogen) atoms. The molecule has 1 aliphatic heterocycles. The van der Waals surface area contributed by atoms with Crippen LogP contribution >= 0.6 is 11.6 Å². The molecule has 0 aliphatic carbocycles. The fourth-order valence-electron chi connectivity index (χ4n) is 3.59. The first kappa shape index (κ1) is 19.4. The van der Waals surface area contributed by atoms with E-state index in [2.05, 4.69) is 11.4 Å². The van der Waals surface area contributed by atoms with Crippen LogP contribution in [-0.4, -0.2) is 29.8 Å². The van der Waals surface area contributed by atoms with E-state index in [4.69, 9.17) is 11.6 Å². The van der Waals surface area contributed by atoms with Crippen LogP contribution in [0.15, 0.2) is 42.5 Å². The van der Waals surface area contributed by atoms with Crippen LogP contribution in [0, 0.1) is 19.8 Å². The summed E-state index contributed by atoms with van der Waals surface area (Å²) < 4.78 is 0. The molecule has 1 heterocycles. The Kier molecular flexibility index (Phi) is 6.17. The molecule has 0 aromatic heterocycles. The van der Waals surface area contributed by atoms with E-state index in [0.29, 0.717) is 30.2 Å². The van der Waals surface area contributed by atoms with Crippen molar-refractivity contribution in [1.29, 1.82) is 0 Å². The molecule has 0 saturated carbocycles. The molecule has 1 atom stereocenters. The Morgan fingerprint density at radius 2 is 1.78 bits per heavy atom. The van der Waals surface area contributed by atoms with E-state index in [1.54, 1.807) is 0 Å². The minimum Gasteiger partial charge on any atom is -0.352 e. The molecule has 0 bridgehead atoms. The van der Waals surface area contributed by atoms with Crippen molar-refractivity contribution in [3.8, 4) is 0 Å². The Labute approximate surface area is 165 Å². The van der Waals surface area contributed by atoms with Gasteiger partial charge in [0.15, 0.2) is 0 Å². The normalized spacial score (nSPS) is 16.9. The van der Waals surface area contributed by atoms with Crippen molar-refractivity contribution in [2.24, 2.45) is 5.92 Å². The van der Waals surface area contributed by atoms with Gasteiger partial charge in [0.2, 0.25) is 5.91 Å². The number of carbonyl (C=O) groups is 2. The number of hydrogen-bond donors (Lipinski definition) is 1. The standard InChI is InChI=1S/C22H25ClN2O2/c1-15-10-16(2)12-19(11-15)22(27)25-9-3-4-18(14-25)21(26)24-13-17-5-7-20(23)8-6-17/h5-8,10-12,18H,3-4,9,13-14H2,1-2H3,(H,24,26)/t18-/m1/s1. The van der Waals surface area contributed by atoms with Crippen molar-refractivity contribution < 1.29 is 9.59 Å². The second-order valence-electron chi connectivity index (χ2n) is 7.31. The second-order valence-corrected chi connectivity index (χ2v) is 7.75. The molecule has 1 fully saturated rings. The second kappa shape index (κ2) is 8.57. The van der Waals surface area contributed by atoms with Crippen molar-refractivity contribution >= 4 is 23.4 Å². The smallest absolute Gasteiger partial charge is 0.253 e. The largest absolute Gasteiger partial charge is 0.352 e. The summed E-state index contributed by atoms with van der Waals surface area (Å²) in [7, 11) is 0. The molecule has 5 heteroatoms. The van der Waals surface area contributed by atoms with Crippen molar-refractivity contribution in [2.75, 3.05) is 13.1 Å². The van der Waals surface area contributed by atoms with Gasteiger partial charge in [-0.2, -0.15) is 0 Å². The molecule has 2 aromatic rings. The lowest BCUT2D eigenvalue weighted by atomic mass is 9.96. The van der Waals surface area contributed by atoms with Crippen LogP contribution in [0.2, 0.25) is 5.02 Å². The molecule has 3 rings (SSSR count). The number of aryl methyl sites for hydroxylation is 2. The quantitative estimate of drug-likeness (QED) is 0.861. The molecule has 142 valence electrons. The fraction of sp³-hybridized carbons (Fsp3) is 0.364. The Morgan fingerprint density at radius 1 is 1.11 bits per heavy atom. The van der Waals surface area contributed by atoms with Gasteiger partial charge in [0.05, 0.1) is 5.92 Å². The maximum atomic E-state index is 12.9. The summed E-state index contributed by atoms with van der Waals surface area (Å²) in [5.41, 5.74) is 3.86. The van der Waals surface area contributed by atoms with Gasteiger partial charge < -0.3 is 10.2 Å². The van der Waals surface area contributed by atoms with Gasteiger partial charge >= 0.3 is 0 Å². The van der Waals surface area contributed by atoms with Gasteiger partial charge in [-0.05, 0) is 56.5 Å². The van der Waals surface area contributed by atoms with Crippen molar-refractivity contribution in [1.82, 2.24) is 10.2 Å². The lowest BCUT2D eigenvalue weighted by Gasteiger charge is -2.32. The van der Waals surface area contributed by atoms with Gasteiger partial charge in [-0.1, -0.05) is 40.9 Å². The monoisotopic (exact) mass is 384 g/mol. The Bertz CT molecular complexity index is 812. The zero-order chi connectivity index (χ0) is 19.4. The summed E-state index contributed by atoms with van der Waals surface area (Å²) in [5, 5.41) is 3.66. The minimum absolute atomic E-state index is 0.00266. The van der Waals surface area contributed by atoms with E-state index in [0.717, 1.165) is 29.5 Å². The third kappa shape index (κ3) is 5.10. The molecule has 0 radical (unpaired) electrons. The molecule has 2 aromatic carbocycles. The van der Waals surface area contributed by atoms with Gasteiger partial charge in [-0.15, -0.1) is 0 Å². The van der Waals surface area contributed by atoms with Crippen molar-refractivity contribution in [3.05, 3.63) is 69.7 Å². The van der Waals surface area contributed by atoms with Gasteiger partial charge in [-0.25, -0.2) is 0 Å². The summed E-state index contributed by atoms with van der Waals surface area (Å²) in [6.07, 6.45) is 1.65. The first-order valence-electron chi connectivity index (χ1n) is 9.32. The summed E-state index contributed by atoms with van der Waals surface area (Å²) >= 11 is 5.89. The van der Waals surface area contributed by atoms with E-state index < -0.39 is 0 Å². The summed E-state index contributed by atoms with van der Waals surface area (Å²) in [4.78, 5) is 27.3. The molecular formula is C22H25ClN2O2. The third-order valence-corrected chi connectivity index (χ3v) is 5.18. The molecule has 2 amide bonds. The van der Waals surface area contributed by atoms with Gasteiger partial charge in [-0.3, -0.25) is 9.59 Å². The molecule has 0 unspecified atom stereocenters. The van der Waals surface area contributed by atoms with Gasteiger partial charge in [0, 0.05) is 30.2 Å². The van der Waals surface area contributed by atoms with Crippen LogP contribution in [0.5, 0.6) is 0 Å². The van der Waals surface area contributed by atoms with Gasteiger partial charge in [0.25, 0.3) is 5.91 Å². The molecule has 1 N–H and O–H groups in total. The molecular weight excluding hydrogens is 360 g/mol. The van der Waals surface area contributed by atoms with E-state index in [1.165, 1.54) is 0 Å². The zero-order valence-electron chi connectivity index (χ0n) is 15.8. The van der Waals surface area contributed by atoms with Crippen LogP contribution in [0.4, 0.5) is 0 Å². The highest BCUT2D eigenvalue weighted by Gasteiger charge is 2.28. The van der Waals surface area contributed by atoms with E-state index in [1.807, 2.05) is 55.1 Å². The highest BCUT2D eigenvalue weighted by atomic mass is 35.5. The van der Waals surface area contributed by atoms with Crippen LogP contribution in [0.1, 0.15) is 39.9 Å². The number of hydrogen-bond acceptors (Lipinski definition) is 2. The highest BCUT2D eigenvalue weighted by molar-refractivity contribution is 6.30. The number of halogens is 1. The van der Waals surface area contributed by atoms with E-state index >= 15 is 0 Å². The summed E-state index contributed by atoms with van der Waals surface area (Å²) in [6, 6.07) is 13.3. The number of benzene rings is 2. The molecule has 0 spiro atoms. The molecule has 4 nitrogen and oxygen atoms in total. The average Bonchev–Trinajstić information content (AvgIpc) is 2.66. The minimum atomic E-state index is -0.166. The molecule has 1 aliphatic rings. The van der Waals surface area contributed by atoms with Crippen molar-refractivity contribution in [2.45, 2.75) is 33.2 Å². The molecule has 1 saturated heterocycles. The number of amides is 2. The van der Waals surface area contributed by atoms with Crippen molar-refractivity contribution in [3.63, 3.8) is 0 Å². The Morgan fingerprint density at radius 3 is 2.44 bits per heavy atom. The summed E-state index contributed by atoms with van der Waals surface area (Å²) in [6.45, 7) is 5.63. The predicted octanol–water partition coefficient (Wildman–Crippen LogP) is 4.13. The van der Waals surface area contributed by atoms with Crippen LogP contribution in [0.25, 0.3) is 0 Å².